The highest BCUT2D eigenvalue weighted by molar-refractivity contribution is 7.91. The van der Waals surface area contributed by atoms with Gasteiger partial charge in [0.1, 0.15) is 5.82 Å². The average Bonchev–Trinajstić information content (AvgIpc) is 3.20. The van der Waals surface area contributed by atoms with Crippen molar-refractivity contribution in [2.75, 3.05) is 23.4 Å². The standard InChI is InChI=1S/C19H24N4O4S/c1-14-12-17(23(22-14)16-9-11-28(26,27)13-16)21-18(24)8-5-10-20-19(25)15-6-3-2-4-7-15/h2-4,6-7,12,16H,5,8-11,13H2,1H3,(H,20,25)(H,21,24). The number of amides is 2. The summed E-state index contributed by atoms with van der Waals surface area (Å²) in [7, 11) is -3.04. The molecule has 1 aromatic heterocycles. The van der Waals surface area contributed by atoms with E-state index >= 15 is 0 Å². The third-order valence-corrected chi connectivity index (χ3v) is 6.33. The minimum absolute atomic E-state index is 0.0442. The second kappa shape index (κ2) is 8.55. The van der Waals surface area contributed by atoms with Crippen LogP contribution in [0.3, 0.4) is 0 Å². The summed E-state index contributed by atoms with van der Waals surface area (Å²) in [6.45, 7) is 2.19. The number of carbonyl (C=O) groups is 2. The summed E-state index contributed by atoms with van der Waals surface area (Å²) in [5, 5.41) is 9.94. The van der Waals surface area contributed by atoms with Gasteiger partial charge in [0, 0.05) is 24.6 Å². The van der Waals surface area contributed by atoms with Crippen molar-refractivity contribution in [1.82, 2.24) is 15.1 Å². The third kappa shape index (κ3) is 5.19. The number of benzene rings is 1. The minimum atomic E-state index is -3.04. The molecule has 0 radical (unpaired) electrons. The topological polar surface area (TPSA) is 110 Å². The number of rotatable bonds is 7. The first-order chi connectivity index (χ1) is 13.3. The summed E-state index contributed by atoms with van der Waals surface area (Å²) in [4.78, 5) is 24.2. The van der Waals surface area contributed by atoms with E-state index in [0.29, 0.717) is 30.8 Å². The van der Waals surface area contributed by atoms with Gasteiger partial charge in [-0.25, -0.2) is 13.1 Å². The van der Waals surface area contributed by atoms with E-state index < -0.39 is 9.84 Å². The Morgan fingerprint density at radius 3 is 2.68 bits per heavy atom. The van der Waals surface area contributed by atoms with Crippen LogP contribution in [-0.2, 0) is 14.6 Å². The van der Waals surface area contributed by atoms with Gasteiger partial charge in [0.05, 0.1) is 23.2 Å². The third-order valence-electron chi connectivity index (χ3n) is 4.58. The van der Waals surface area contributed by atoms with E-state index in [0.717, 1.165) is 5.69 Å². The Morgan fingerprint density at radius 2 is 2.00 bits per heavy atom. The first-order valence-corrected chi connectivity index (χ1v) is 11.1. The molecule has 150 valence electrons. The second-order valence-corrected chi connectivity index (χ2v) is 9.17. The summed E-state index contributed by atoms with van der Waals surface area (Å²) in [6, 6.07) is 10.4. The molecule has 2 heterocycles. The van der Waals surface area contributed by atoms with E-state index in [-0.39, 0.29) is 35.8 Å². The Kier molecular flexibility index (Phi) is 6.13. The van der Waals surface area contributed by atoms with Crippen LogP contribution in [0.4, 0.5) is 5.82 Å². The zero-order valence-electron chi connectivity index (χ0n) is 15.7. The van der Waals surface area contributed by atoms with Gasteiger partial charge in [0.2, 0.25) is 5.91 Å². The van der Waals surface area contributed by atoms with Crippen LogP contribution in [0.25, 0.3) is 0 Å². The largest absolute Gasteiger partial charge is 0.352 e. The fourth-order valence-corrected chi connectivity index (χ4v) is 4.90. The highest BCUT2D eigenvalue weighted by Gasteiger charge is 2.31. The normalized spacial score (nSPS) is 18.0. The predicted octanol–water partition coefficient (Wildman–Crippen LogP) is 1.70. The van der Waals surface area contributed by atoms with Crippen molar-refractivity contribution in [3.63, 3.8) is 0 Å². The molecule has 2 N–H and O–H groups in total. The molecule has 9 heteroatoms. The number of nitrogens with one attached hydrogen (secondary N) is 2. The van der Waals surface area contributed by atoms with Crippen LogP contribution in [0.1, 0.15) is 41.4 Å². The fourth-order valence-electron chi connectivity index (χ4n) is 3.20. The van der Waals surface area contributed by atoms with Crippen LogP contribution in [-0.4, -0.2) is 48.1 Å². The van der Waals surface area contributed by atoms with Gasteiger partial charge in [-0.15, -0.1) is 0 Å². The van der Waals surface area contributed by atoms with Gasteiger partial charge < -0.3 is 10.6 Å². The molecule has 8 nitrogen and oxygen atoms in total. The van der Waals surface area contributed by atoms with Crippen molar-refractivity contribution in [3.05, 3.63) is 47.7 Å². The van der Waals surface area contributed by atoms with Crippen LogP contribution < -0.4 is 10.6 Å². The number of aryl methyl sites for hydroxylation is 1. The highest BCUT2D eigenvalue weighted by Crippen LogP contribution is 2.27. The lowest BCUT2D eigenvalue weighted by atomic mass is 10.2. The van der Waals surface area contributed by atoms with Crippen LogP contribution in [0, 0.1) is 6.92 Å². The van der Waals surface area contributed by atoms with Gasteiger partial charge in [-0.2, -0.15) is 5.10 Å². The fraction of sp³-hybridized carbons (Fsp3) is 0.421. The number of nitrogens with zero attached hydrogens (tertiary/aromatic N) is 2. The Hall–Kier alpha value is -2.68. The van der Waals surface area contributed by atoms with Crippen molar-refractivity contribution in [3.8, 4) is 0 Å². The number of hydrogen-bond donors (Lipinski definition) is 2. The molecule has 2 aromatic rings. The number of hydrogen-bond acceptors (Lipinski definition) is 5. The Labute approximate surface area is 164 Å². The summed E-state index contributed by atoms with van der Waals surface area (Å²) in [5.41, 5.74) is 1.30. The molecule has 1 aromatic carbocycles. The SMILES string of the molecule is Cc1cc(NC(=O)CCCNC(=O)c2ccccc2)n(C2CCS(=O)(=O)C2)n1. The predicted molar refractivity (Wildman–Crippen MR) is 106 cm³/mol. The highest BCUT2D eigenvalue weighted by atomic mass is 32.2. The lowest BCUT2D eigenvalue weighted by Crippen LogP contribution is -2.25. The van der Waals surface area contributed by atoms with Crippen LogP contribution in [0.5, 0.6) is 0 Å². The van der Waals surface area contributed by atoms with E-state index in [2.05, 4.69) is 15.7 Å². The molecule has 1 aliphatic heterocycles. The molecule has 0 aliphatic carbocycles. The van der Waals surface area contributed by atoms with E-state index in [4.69, 9.17) is 0 Å². The molecule has 1 unspecified atom stereocenters. The molecule has 1 fully saturated rings. The van der Waals surface area contributed by atoms with E-state index in [9.17, 15) is 18.0 Å². The molecule has 0 bridgehead atoms. The van der Waals surface area contributed by atoms with Crippen molar-refractivity contribution in [1.29, 1.82) is 0 Å². The van der Waals surface area contributed by atoms with Crippen molar-refractivity contribution < 1.29 is 18.0 Å². The number of aromatic nitrogens is 2. The molecule has 1 saturated heterocycles. The van der Waals surface area contributed by atoms with E-state index in [1.807, 2.05) is 6.07 Å². The molecule has 0 saturated carbocycles. The number of carbonyl (C=O) groups excluding carboxylic acids is 2. The summed E-state index contributed by atoms with van der Waals surface area (Å²) >= 11 is 0. The molecule has 1 atom stereocenters. The maximum Gasteiger partial charge on any atom is 0.251 e. The van der Waals surface area contributed by atoms with Crippen LogP contribution in [0.15, 0.2) is 36.4 Å². The zero-order chi connectivity index (χ0) is 20.1. The Morgan fingerprint density at radius 1 is 1.25 bits per heavy atom. The van der Waals surface area contributed by atoms with Gasteiger partial charge in [0.25, 0.3) is 5.91 Å². The first-order valence-electron chi connectivity index (χ1n) is 9.24. The van der Waals surface area contributed by atoms with Gasteiger partial charge in [-0.1, -0.05) is 18.2 Å². The van der Waals surface area contributed by atoms with Gasteiger partial charge in [0.15, 0.2) is 9.84 Å². The molecule has 0 spiro atoms. The lowest BCUT2D eigenvalue weighted by Gasteiger charge is -2.13. The van der Waals surface area contributed by atoms with Crippen molar-refractivity contribution in [2.24, 2.45) is 0 Å². The second-order valence-electron chi connectivity index (χ2n) is 6.95. The van der Waals surface area contributed by atoms with Crippen LogP contribution >= 0.6 is 0 Å². The van der Waals surface area contributed by atoms with Gasteiger partial charge in [-0.05, 0) is 31.9 Å². The molecule has 28 heavy (non-hydrogen) atoms. The minimum Gasteiger partial charge on any atom is -0.352 e. The maximum absolute atomic E-state index is 12.2. The molecular formula is C19H24N4O4S. The van der Waals surface area contributed by atoms with Crippen molar-refractivity contribution in [2.45, 2.75) is 32.2 Å². The van der Waals surface area contributed by atoms with Crippen molar-refractivity contribution >= 4 is 27.5 Å². The molecule has 1 aliphatic rings. The smallest absolute Gasteiger partial charge is 0.251 e. The Balaban J connectivity index is 1.48. The van der Waals surface area contributed by atoms with E-state index in [1.165, 1.54) is 0 Å². The maximum atomic E-state index is 12.2. The molecule has 3 rings (SSSR count). The average molecular weight is 404 g/mol. The summed E-state index contributed by atoms with van der Waals surface area (Å²) in [5.74, 6) is 0.333. The molecule has 2 amide bonds. The quantitative estimate of drug-likeness (QED) is 0.683. The van der Waals surface area contributed by atoms with Crippen LogP contribution in [0.2, 0.25) is 0 Å². The first kappa shape index (κ1) is 20.1. The van der Waals surface area contributed by atoms with Gasteiger partial charge in [-0.3, -0.25) is 9.59 Å². The molecular weight excluding hydrogens is 380 g/mol. The zero-order valence-corrected chi connectivity index (χ0v) is 16.5. The summed E-state index contributed by atoms with van der Waals surface area (Å²) in [6.07, 6.45) is 1.23. The number of anilines is 1. The Bertz CT molecular complexity index is 954. The lowest BCUT2D eigenvalue weighted by molar-refractivity contribution is -0.116. The van der Waals surface area contributed by atoms with E-state index in [1.54, 1.807) is 41.9 Å². The van der Waals surface area contributed by atoms with Gasteiger partial charge >= 0.3 is 0 Å². The summed E-state index contributed by atoms with van der Waals surface area (Å²) < 4.78 is 25.1. The number of sulfone groups is 1. The monoisotopic (exact) mass is 404 g/mol.